The zero-order valence-corrected chi connectivity index (χ0v) is 15.5. The number of ketones is 1. The van der Waals surface area contributed by atoms with Crippen LogP contribution in [0.1, 0.15) is 35.7 Å². The zero-order chi connectivity index (χ0) is 18.5. The fourth-order valence-electron chi connectivity index (χ4n) is 3.12. The molecule has 2 aromatic rings. The Morgan fingerprint density at radius 1 is 1.08 bits per heavy atom. The number of hydrogen-bond donors (Lipinski definition) is 0. The van der Waals surface area contributed by atoms with Crippen molar-refractivity contribution in [2.45, 2.75) is 19.8 Å². The van der Waals surface area contributed by atoms with Gasteiger partial charge in [0.1, 0.15) is 5.75 Å². The lowest BCUT2D eigenvalue weighted by atomic mass is 10.0. The number of benzene rings is 2. The summed E-state index contributed by atoms with van der Waals surface area (Å²) < 4.78 is 5.59. The summed E-state index contributed by atoms with van der Waals surface area (Å²) in [7, 11) is 0. The van der Waals surface area contributed by atoms with Crippen LogP contribution < -0.4 is 4.74 Å². The van der Waals surface area contributed by atoms with Crippen LogP contribution in [0.5, 0.6) is 5.75 Å². The Hall–Kier alpha value is -2.33. The Bertz CT molecular complexity index is 771. The third-order valence-corrected chi connectivity index (χ3v) is 4.85. The Morgan fingerprint density at radius 3 is 2.31 bits per heavy atom. The molecule has 0 N–H and O–H groups in total. The van der Waals surface area contributed by atoms with Crippen LogP contribution >= 0.6 is 11.6 Å². The molecule has 1 fully saturated rings. The third-order valence-electron chi connectivity index (χ3n) is 4.59. The van der Waals surface area contributed by atoms with Crippen LogP contribution in [0, 0.1) is 5.92 Å². The molecule has 0 saturated carbocycles. The Labute approximate surface area is 158 Å². The van der Waals surface area contributed by atoms with Gasteiger partial charge < -0.3 is 9.64 Å². The molecule has 1 aliphatic rings. The molecule has 0 unspecified atom stereocenters. The van der Waals surface area contributed by atoms with Crippen LogP contribution in [0.2, 0.25) is 5.02 Å². The van der Waals surface area contributed by atoms with E-state index < -0.39 is 0 Å². The molecular weight excluding hydrogens is 350 g/mol. The molecule has 5 heteroatoms. The first-order valence-corrected chi connectivity index (χ1v) is 9.21. The largest absolute Gasteiger partial charge is 0.484 e. The second kappa shape index (κ2) is 8.37. The van der Waals surface area contributed by atoms with Crippen LogP contribution in [-0.4, -0.2) is 36.3 Å². The SMILES string of the molecule is C[C@H]1CCCN(C(=O)COc2ccc(C(=O)c3ccc(Cl)cc3)cc2)C1. The summed E-state index contributed by atoms with van der Waals surface area (Å²) in [6, 6.07) is 13.6. The van der Waals surface area contributed by atoms with Gasteiger partial charge in [0.05, 0.1) is 0 Å². The summed E-state index contributed by atoms with van der Waals surface area (Å²) in [5.74, 6) is 1.06. The fraction of sp³-hybridized carbons (Fsp3) is 0.333. The molecule has 0 radical (unpaired) electrons. The highest BCUT2D eigenvalue weighted by molar-refractivity contribution is 6.30. The van der Waals surface area contributed by atoms with Gasteiger partial charge in [-0.05, 0) is 67.3 Å². The first-order chi connectivity index (χ1) is 12.5. The van der Waals surface area contributed by atoms with Crippen molar-refractivity contribution in [3.63, 3.8) is 0 Å². The molecule has 0 aliphatic carbocycles. The second-order valence-electron chi connectivity index (χ2n) is 6.74. The van der Waals surface area contributed by atoms with E-state index in [1.54, 1.807) is 48.5 Å². The third kappa shape index (κ3) is 4.64. The highest BCUT2D eigenvalue weighted by Gasteiger charge is 2.21. The molecule has 26 heavy (non-hydrogen) atoms. The average molecular weight is 372 g/mol. The van der Waals surface area contributed by atoms with Gasteiger partial charge in [-0.2, -0.15) is 0 Å². The molecule has 2 aromatic carbocycles. The van der Waals surface area contributed by atoms with Gasteiger partial charge in [0.15, 0.2) is 12.4 Å². The maximum Gasteiger partial charge on any atom is 0.260 e. The summed E-state index contributed by atoms with van der Waals surface area (Å²) in [6.07, 6.45) is 2.22. The van der Waals surface area contributed by atoms with Gasteiger partial charge in [-0.25, -0.2) is 0 Å². The van der Waals surface area contributed by atoms with E-state index in [1.165, 1.54) is 6.42 Å². The van der Waals surface area contributed by atoms with Gasteiger partial charge in [0, 0.05) is 29.2 Å². The number of carbonyl (C=O) groups excluding carboxylic acids is 2. The number of piperidine rings is 1. The van der Waals surface area contributed by atoms with E-state index in [4.69, 9.17) is 16.3 Å². The van der Waals surface area contributed by atoms with Crippen molar-refractivity contribution in [2.75, 3.05) is 19.7 Å². The van der Waals surface area contributed by atoms with E-state index in [1.807, 2.05) is 4.90 Å². The maximum atomic E-state index is 12.4. The standard InChI is InChI=1S/C21H22ClNO3/c1-15-3-2-12-23(13-15)20(24)14-26-19-10-6-17(7-11-19)21(25)16-4-8-18(22)9-5-16/h4-11,15H,2-3,12-14H2,1H3/t15-/m0/s1. The van der Waals surface area contributed by atoms with E-state index in [-0.39, 0.29) is 18.3 Å². The molecule has 1 amide bonds. The van der Waals surface area contributed by atoms with Crippen LogP contribution in [0.15, 0.2) is 48.5 Å². The molecule has 1 aliphatic heterocycles. The molecule has 4 nitrogen and oxygen atoms in total. The maximum absolute atomic E-state index is 12.4. The van der Waals surface area contributed by atoms with E-state index in [9.17, 15) is 9.59 Å². The Morgan fingerprint density at radius 2 is 1.69 bits per heavy atom. The lowest BCUT2D eigenvalue weighted by Gasteiger charge is -2.30. The highest BCUT2D eigenvalue weighted by Crippen LogP contribution is 2.18. The predicted molar refractivity (Wildman–Crippen MR) is 102 cm³/mol. The molecule has 0 bridgehead atoms. The minimum Gasteiger partial charge on any atom is -0.484 e. The molecule has 3 rings (SSSR count). The summed E-state index contributed by atoms with van der Waals surface area (Å²) in [5, 5.41) is 0.595. The number of halogens is 1. The summed E-state index contributed by atoms with van der Waals surface area (Å²) in [4.78, 5) is 26.5. The van der Waals surface area contributed by atoms with Crippen molar-refractivity contribution in [1.82, 2.24) is 4.90 Å². The van der Waals surface area contributed by atoms with Crippen LogP contribution in [0.3, 0.4) is 0 Å². The molecule has 1 atom stereocenters. The number of likely N-dealkylation sites (tertiary alicyclic amines) is 1. The van der Waals surface area contributed by atoms with E-state index >= 15 is 0 Å². The topological polar surface area (TPSA) is 46.6 Å². The van der Waals surface area contributed by atoms with Crippen molar-refractivity contribution < 1.29 is 14.3 Å². The zero-order valence-electron chi connectivity index (χ0n) is 14.8. The Balaban J connectivity index is 1.56. The second-order valence-corrected chi connectivity index (χ2v) is 7.17. The number of amides is 1. The normalized spacial score (nSPS) is 17.0. The summed E-state index contributed by atoms with van der Waals surface area (Å²) >= 11 is 5.85. The molecule has 136 valence electrons. The van der Waals surface area contributed by atoms with Crippen molar-refractivity contribution in [3.05, 3.63) is 64.7 Å². The van der Waals surface area contributed by atoms with Gasteiger partial charge in [0.2, 0.25) is 0 Å². The number of ether oxygens (including phenoxy) is 1. The number of nitrogens with zero attached hydrogens (tertiary/aromatic N) is 1. The predicted octanol–water partition coefficient (Wildman–Crippen LogP) is 4.21. The van der Waals surface area contributed by atoms with Gasteiger partial charge >= 0.3 is 0 Å². The van der Waals surface area contributed by atoms with Crippen molar-refractivity contribution in [3.8, 4) is 5.75 Å². The summed E-state index contributed by atoms with van der Waals surface area (Å²) in [5.41, 5.74) is 1.15. The monoisotopic (exact) mass is 371 g/mol. The lowest BCUT2D eigenvalue weighted by molar-refractivity contribution is -0.135. The number of carbonyl (C=O) groups is 2. The van der Waals surface area contributed by atoms with Gasteiger partial charge in [0.25, 0.3) is 5.91 Å². The quantitative estimate of drug-likeness (QED) is 0.740. The van der Waals surface area contributed by atoms with E-state index in [0.717, 1.165) is 19.5 Å². The molecule has 1 saturated heterocycles. The first kappa shape index (κ1) is 18.5. The van der Waals surface area contributed by atoms with Crippen molar-refractivity contribution in [2.24, 2.45) is 5.92 Å². The Kier molecular flexibility index (Phi) is 5.94. The average Bonchev–Trinajstić information content (AvgIpc) is 2.66. The minimum absolute atomic E-state index is 0.0119. The smallest absolute Gasteiger partial charge is 0.260 e. The molecular formula is C21H22ClNO3. The molecule has 0 aromatic heterocycles. The van der Waals surface area contributed by atoms with E-state index in [2.05, 4.69) is 6.92 Å². The minimum atomic E-state index is -0.0772. The molecule has 0 spiro atoms. The fourth-order valence-corrected chi connectivity index (χ4v) is 3.25. The molecule has 1 heterocycles. The van der Waals surface area contributed by atoms with Gasteiger partial charge in [-0.3, -0.25) is 9.59 Å². The van der Waals surface area contributed by atoms with Crippen molar-refractivity contribution in [1.29, 1.82) is 0 Å². The van der Waals surface area contributed by atoms with Gasteiger partial charge in [-0.1, -0.05) is 18.5 Å². The van der Waals surface area contributed by atoms with Crippen molar-refractivity contribution >= 4 is 23.3 Å². The number of rotatable bonds is 5. The van der Waals surface area contributed by atoms with Crippen LogP contribution in [-0.2, 0) is 4.79 Å². The number of hydrogen-bond acceptors (Lipinski definition) is 3. The highest BCUT2D eigenvalue weighted by atomic mass is 35.5. The van der Waals surface area contributed by atoms with E-state index in [0.29, 0.717) is 27.8 Å². The van der Waals surface area contributed by atoms with Crippen LogP contribution in [0.4, 0.5) is 0 Å². The summed E-state index contributed by atoms with van der Waals surface area (Å²) in [6.45, 7) is 3.80. The van der Waals surface area contributed by atoms with Crippen LogP contribution in [0.25, 0.3) is 0 Å². The van der Waals surface area contributed by atoms with Gasteiger partial charge in [-0.15, -0.1) is 0 Å². The lowest BCUT2D eigenvalue weighted by Crippen LogP contribution is -2.41. The first-order valence-electron chi connectivity index (χ1n) is 8.84.